The van der Waals surface area contributed by atoms with Crippen LogP contribution in [0, 0.1) is 6.92 Å². The maximum atomic E-state index is 12.2. The van der Waals surface area contributed by atoms with Crippen LogP contribution in [0.1, 0.15) is 24.8 Å². The van der Waals surface area contributed by atoms with Gasteiger partial charge in [-0.2, -0.15) is 0 Å². The summed E-state index contributed by atoms with van der Waals surface area (Å²) in [4.78, 5) is 0.264. The molecule has 8 heteroatoms. The lowest BCUT2D eigenvalue weighted by Gasteiger charge is -2.26. The van der Waals surface area contributed by atoms with E-state index in [0.29, 0.717) is 31.5 Å². The molecule has 0 amide bonds. The third kappa shape index (κ3) is 4.28. The molecule has 0 unspecified atom stereocenters. The molecule has 6 nitrogen and oxygen atoms in total. The highest BCUT2D eigenvalue weighted by Crippen LogP contribution is 2.15. The Morgan fingerprint density at radius 2 is 1.95 bits per heavy atom. The Bertz CT molecular complexity index is 714. The largest absolute Gasteiger partial charge is 0.240 e. The van der Waals surface area contributed by atoms with Crippen LogP contribution >= 0.6 is 0 Å². The minimum absolute atomic E-state index is 0.196. The highest BCUT2D eigenvalue weighted by molar-refractivity contribution is 7.89. The lowest BCUT2D eigenvalue weighted by molar-refractivity contribution is 0.378. The fourth-order valence-corrected chi connectivity index (χ4v) is 5.45. The zero-order valence-electron chi connectivity index (χ0n) is 12.7. The molecule has 0 aliphatic carbocycles. The second-order valence-electron chi connectivity index (χ2n) is 5.44. The van der Waals surface area contributed by atoms with Crippen LogP contribution in [-0.2, 0) is 20.0 Å². The fraction of sp³-hybridized carbons (Fsp3) is 0.571. The fourth-order valence-electron chi connectivity index (χ4n) is 2.49. The maximum absolute atomic E-state index is 12.2. The summed E-state index contributed by atoms with van der Waals surface area (Å²) in [5.74, 6) is 0.196. The monoisotopic (exact) mass is 346 g/mol. The molecule has 0 bridgehead atoms. The van der Waals surface area contributed by atoms with E-state index in [9.17, 15) is 16.8 Å². The molecule has 0 saturated carbocycles. The third-order valence-corrected chi connectivity index (χ3v) is 7.29. The van der Waals surface area contributed by atoms with E-state index in [1.54, 1.807) is 31.2 Å². The van der Waals surface area contributed by atoms with Gasteiger partial charge in [0.05, 0.1) is 10.6 Å². The molecule has 1 aliphatic rings. The number of hydrogen-bond donors (Lipinski definition) is 1. The minimum atomic E-state index is -3.54. The van der Waals surface area contributed by atoms with Crippen molar-refractivity contribution in [2.75, 3.05) is 25.4 Å². The maximum Gasteiger partial charge on any atom is 0.240 e. The molecule has 1 aromatic rings. The summed E-state index contributed by atoms with van der Waals surface area (Å²) in [5.41, 5.74) is 0.689. The van der Waals surface area contributed by atoms with Gasteiger partial charge in [0, 0.05) is 19.6 Å². The van der Waals surface area contributed by atoms with E-state index in [0.717, 1.165) is 6.42 Å². The molecule has 1 aromatic carbocycles. The van der Waals surface area contributed by atoms with Crippen molar-refractivity contribution in [3.8, 4) is 0 Å². The first-order valence-corrected chi connectivity index (χ1v) is 10.5. The number of nitrogens with one attached hydrogen (secondary N) is 1. The van der Waals surface area contributed by atoms with E-state index in [-0.39, 0.29) is 17.2 Å². The summed E-state index contributed by atoms with van der Waals surface area (Å²) in [7, 11) is -6.68. The van der Waals surface area contributed by atoms with Crippen molar-refractivity contribution in [2.24, 2.45) is 0 Å². The molecule has 1 saturated heterocycles. The predicted octanol–water partition coefficient (Wildman–Crippen LogP) is 1.09. The summed E-state index contributed by atoms with van der Waals surface area (Å²) < 4.78 is 52.0. The van der Waals surface area contributed by atoms with Crippen LogP contribution in [-0.4, -0.2) is 46.5 Å². The first-order valence-electron chi connectivity index (χ1n) is 7.36. The summed E-state index contributed by atoms with van der Waals surface area (Å²) in [5, 5.41) is 0. The molecule has 124 valence electrons. The number of benzene rings is 1. The van der Waals surface area contributed by atoms with E-state index in [2.05, 4.69) is 4.72 Å². The molecule has 1 heterocycles. The molecule has 1 aliphatic heterocycles. The van der Waals surface area contributed by atoms with Crippen LogP contribution in [0.3, 0.4) is 0 Å². The number of nitrogens with zero attached hydrogens (tertiary/aromatic N) is 1. The highest BCUT2D eigenvalue weighted by atomic mass is 32.2. The summed E-state index contributed by atoms with van der Waals surface area (Å²) >= 11 is 0. The average molecular weight is 346 g/mol. The molecule has 0 radical (unpaired) electrons. The van der Waals surface area contributed by atoms with Crippen LogP contribution < -0.4 is 4.72 Å². The lowest BCUT2D eigenvalue weighted by atomic mass is 10.2. The van der Waals surface area contributed by atoms with Crippen molar-refractivity contribution in [3.63, 3.8) is 0 Å². The van der Waals surface area contributed by atoms with E-state index in [1.807, 2.05) is 0 Å². The summed E-state index contributed by atoms with van der Waals surface area (Å²) in [6.45, 7) is 2.86. The molecular weight excluding hydrogens is 324 g/mol. The minimum Gasteiger partial charge on any atom is -0.212 e. The van der Waals surface area contributed by atoms with Crippen molar-refractivity contribution in [1.29, 1.82) is 0 Å². The Kier molecular flexibility index (Phi) is 5.60. The van der Waals surface area contributed by atoms with Gasteiger partial charge in [0.15, 0.2) is 0 Å². The highest BCUT2D eigenvalue weighted by Gasteiger charge is 2.25. The van der Waals surface area contributed by atoms with Crippen LogP contribution in [0.2, 0.25) is 0 Å². The van der Waals surface area contributed by atoms with Crippen molar-refractivity contribution in [1.82, 2.24) is 9.03 Å². The Balaban J connectivity index is 1.87. The van der Waals surface area contributed by atoms with E-state index in [4.69, 9.17) is 0 Å². The van der Waals surface area contributed by atoms with Crippen LogP contribution in [0.25, 0.3) is 0 Å². The average Bonchev–Trinajstić information content (AvgIpc) is 2.45. The van der Waals surface area contributed by atoms with Gasteiger partial charge in [-0.15, -0.1) is 0 Å². The Morgan fingerprint density at radius 1 is 1.23 bits per heavy atom. The van der Waals surface area contributed by atoms with Crippen molar-refractivity contribution in [2.45, 2.75) is 31.1 Å². The first kappa shape index (κ1) is 17.4. The molecule has 0 spiro atoms. The van der Waals surface area contributed by atoms with Gasteiger partial charge in [0.25, 0.3) is 0 Å². The smallest absolute Gasteiger partial charge is 0.212 e. The standard InChI is InChI=1S/C14H22N2O4S2/c1-13-7-2-3-8-14(13)22(19,20)15-9-6-11-16-10-4-5-12-21(16,17)18/h2-3,7-8,15H,4-6,9-12H2,1H3. The topological polar surface area (TPSA) is 83.6 Å². The quantitative estimate of drug-likeness (QED) is 0.782. The second-order valence-corrected chi connectivity index (χ2v) is 9.26. The normalized spacial score (nSPS) is 19.1. The predicted molar refractivity (Wildman–Crippen MR) is 85.6 cm³/mol. The number of rotatable bonds is 6. The first-order chi connectivity index (χ1) is 10.3. The molecule has 22 heavy (non-hydrogen) atoms. The van der Waals surface area contributed by atoms with Gasteiger partial charge in [0.2, 0.25) is 20.0 Å². The summed E-state index contributed by atoms with van der Waals surface area (Å²) in [6.07, 6.45) is 2.04. The summed E-state index contributed by atoms with van der Waals surface area (Å²) in [6, 6.07) is 6.78. The Labute approximate surface area is 132 Å². The van der Waals surface area contributed by atoms with Crippen LogP contribution in [0.4, 0.5) is 0 Å². The molecular formula is C14H22N2O4S2. The van der Waals surface area contributed by atoms with Gasteiger partial charge in [0.1, 0.15) is 0 Å². The second kappa shape index (κ2) is 7.08. The molecule has 1 fully saturated rings. The van der Waals surface area contributed by atoms with Gasteiger partial charge < -0.3 is 0 Å². The number of hydrogen-bond acceptors (Lipinski definition) is 4. The Hall–Kier alpha value is -0.960. The van der Waals surface area contributed by atoms with Crippen LogP contribution in [0.5, 0.6) is 0 Å². The van der Waals surface area contributed by atoms with Gasteiger partial charge in [-0.25, -0.2) is 25.9 Å². The van der Waals surface area contributed by atoms with Crippen molar-refractivity contribution >= 4 is 20.0 Å². The SMILES string of the molecule is Cc1ccccc1S(=O)(=O)NCCCN1CCCCS1(=O)=O. The van der Waals surface area contributed by atoms with Gasteiger partial charge in [-0.3, -0.25) is 0 Å². The molecule has 0 aromatic heterocycles. The van der Waals surface area contributed by atoms with Gasteiger partial charge >= 0.3 is 0 Å². The molecule has 1 N–H and O–H groups in total. The third-order valence-electron chi connectivity index (χ3n) is 3.71. The Morgan fingerprint density at radius 3 is 2.64 bits per heavy atom. The zero-order chi connectivity index (χ0) is 16.2. The van der Waals surface area contributed by atoms with E-state index >= 15 is 0 Å². The van der Waals surface area contributed by atoms with Crippen molar-refractivity contribution in [3.05, 3.63) is 29.8 Å². The van der Waals surface area contributed by atoms with Gasteiger partial charge in [-0.1, -0.05) is 18.2 Å². The van der Waals surface area contributed by atoms with Crippen molar-refractivity contribution < 1.29 is 16.8 Å². The van der Waals surface area contributed by atoms with E-state index in [1.165, 1.54) is 4.31 Å². The van der Waals surface area contributed by atoms with Crippen LogP contribution in [0.15, 0.2) is 29.2 Å². The number of sulfonamides is 2. The lowest BCUT2D eigenvalue weighted by Crippen LogP contribution is -2.39. The number of aryl methyl sites for hydroxylation is 1. The van der Waals surface area contributed by atoms with Gasteiger partial charge in [-0.05, 0) is 37.8 Å². The van der Waals surface area contributed by atoms with E-state index < -0.39 is 20.0 Å². The molecule has 0 atom stereocenters. The zero-order valence-corrected chi connectivity index (χ0v) is 14.3. The molecule has 2 rings (SSSR count).